The molecule has 1 amide bonds. The van der Waals surface area contributed by atoms with Crippen LogP contribution in [0.2, 0.25) is 0 Å². The van der Waals surface area contributed by atoms with Gasteiger partial charge in [-0.15, -0.1) is 0 Å². The molecule has 98 valence electrons. The van der Waals surface area contributed by atoms with Gasteiger partial charge in [0.05, 0.1) is 5.92 Å². The second-order valence-electron chi connectivity index (χ2n) is 4.38. The summed E-state index contributed by atoms with van der Waals surface area (Å²) in [6, 6.07) is 11.5. The van der Waals surface area contributed by atoms with E-state index in [2.05, 4.69) is 15.3 Å². The van der Waals surface area contributed by atoms with E-state index in [9.17, 15) is 4.79 Å². The highest BCUT2D eigenvalue weighted by Crippen LogP contribution is 2.20. The molecular weight excluding hydrogens is 238 g/mol. The van der Waals surface area contributed by atoms with E-state index in [1.807, 2.05) is 44.2 Å². The van der Waals surface area contributed by atoms with Crippen molar-refractivity contribution in [3.05, 3.63) is 53.9 Å². The number of anilines is 1. The van der Waals surface area contributed by atoms with Gasteiger partial charge in [-0.1, -0.05) is 37.3 Å². The van der Waals surface area contributed by atoms with Crippen molar-refractivity contribution in [2.75, 3.05) is 5.32 Å². The summed E-state index contributed by atoms with van der Waals surface area (Å²) < 4.78 is 0. The van der Waals surface area contributed by atoms with Gasteiger partial charge in [-0.3, -0.25) is 10.1 Å². The Balaban J connectivity index is 2.14. The Morgan fingerprint density at radius 1 is 1.26 bits per heavy atom. The average molecular weight is 255 g/mol. The Kier molecular flexibility index (Phi) is 4.23. The normalized spacial score (nSPS) is 11.9. The fourth-order valence-corrected chi connectivity index (χ4v) is 1.96. The summed E-state index contributed by atoms with van der Waals surface area (Å²) in [6.07, 6.45) is 2.38. The number of aromatic nitrogens is 2. The number of nitrogens with zero attached hydrogens (tertiary/aromatic N) is 2. The lowest BCUT2D eigenvalue weighted by Crippen LogP contribution is -2.22. The first-order valence-corrected chi connectivity index (χ1v) is 6.36. The fraction of sp³-hybridized carbons (Fsp3) is 0.267. The van der Waals surface area contributed by atoms with Crippen LogP contribution in [0.15, 0.2) is 42.6 Å². The first-order chi connectivity index (χ1) is 9.20. The minimum Gasteiger partial charge on any atom is -0.294 e. The number of aryl methyl sites for hydroxylation is 1. The summed E-state index contributed by atoms with van der Waals surface area (Å²) in [5, 5.41) is 2.77. The molecule has 1 N–H and O–H groups in total. The van der Waals surface area contributed by atoms with Crippen LogP contribution in [0.1, 0.15) is 30.5 Å². The largest absolute Gasteiger partial charge is 0.294 e. The third-order valence-corrected chi connectivity index (χ3v) is 2.96. The second kappa shape index (κ2) is 6.09. The average Bonchev–Trinajstić information content (AvgIpc) is 2.41. The van der Waals surface area contributed by atoms with Gasteiger partial charge in [-0.05, 0) is 25.0 Å². The topological polar surface area (TPSA) is 54.9 Å². The molecule has 4 nitrogen and oxygen atoms in total. The molecule has 1 atom stereocenters. The van der Waals surface area contributed by atoms with E-state index in [1.54, 1.807) is 12.3 Å². The van der Waals surface area contributed by atoms with Gasteiger partial charge in [0.15, 0.2) is 0 Å². The van der Waals surface area contributed by atoms with Crippen molar-refractivity contribution in [3.8, 4) is 0 Å². The highest BCUT2D eigenvalue weighted by atomic mass is 16.2. The molecule has 0 saturated carbocycles. The maximum atomic E-state index is 12.3. The molecule has 0 saturated heterocycles. The Morgan fingerprint density at radius 2 is 2.00 bits per heavy atom. The molecule has 0 radical (unpaired) electrons. The van der Waals surface area contributed by atoms with Gasteiger partial charge in [0.2, 0.25) is 11.9 Å². The van der Waals surface area contributed by atoms with E-state index in [1.165, 1.54) is 0 Å². The molecule has 1 aromatic carbocycles. The summed E-state index contributed by atoms with van der Waals surface area (Å²) in [4.78, 5) is 20.5. The molecule has 2 rings (SSSR count). The lowest BCUT2D eigenvalue weighted by molar-refractivity contribution is -0.117. The number of amides is 1. The zero-order chi connectivity index (χ0) is 13.7. The SMILES string of the molecule is CC[C@@H](C(=O)Nc1nccc(C)n1)c1ccccc1. The molecule has 0 unspecified atom stereocenters. The summed E-state index contributed by atoms with van der Waals surface area (Å²) >= 11 is 0. The number of carbonyl (C=O) groups is 1. The van der Waals surface area contributed by atoms with E-state index in [0.717, 1.165) is 17.7 Å². The van der Waals surface area contributed by atoms with Gasteiger partial charge in [0.25, 0.3) is 0 Å². The maximum Gasteiger partial charge on any atom is 0.234 e. The van der Waals surface area contributed by atoms with E-state index < -0.39 is 0 Å². The second-order valence-corrected chi connectivity index (χ2v) is 4.38. The number of carbonyl (C=O) groups excluding carboxylic acids is 1. The monoisotopic (exact) mass is 255 g/mol. The molecule has 0 spiro atoms. The van der Waals surface area contributed by atoms with Gasteiger partial charge in [0, 0.05) is 11.9 Å². The van der Waals surface area contributed by atoms with Crippen LogP contribution < -0.4 is 5.32 Å². The summed E-state index contributed by atoms with van der Waals surface area (Å²) in [6.45, 7) is 3.86. The number of nitrogens with one attached hydrogen (secondary N) is 1. The van der Waals surface area contributed by atoms with E-state index >= 15 is 0 Å². The lowest BCUT2D eigenvalue weighted by Gasteiger charge is -2.14. The van der Waals surface area contributed by atoms with Gasteiger partial charge in [0.1, 0.15) is 0 Å². The molecule has 0 aliphatic carbocycles. The van der Waals surface area contributed by atoms with Crippen molar-refractivity contribution in [1.29, 1.82) is 0 Å². The summed E-state index contributed by atoms with van der Waals surface area (Å²) in [5.74, 6) is 0.115. The van der Waals surface area contributed by atoms with E-state index in [-0.39, 0.29) is 11.8 Å². The molecule has 0 aliphatic rings. The number of rotatable bonds is 4. The number of hydrogen-bond donors (Lipinski definition) is 1. The minimum absolute atomic E-state index is 0.0701. The van der Waals surface area contributed by atoms with Gasteiger partial charge in [-0.25, -0.2) is 9.97 Å². The first-order valence-electron chi connectivity index (χ1n) is 6.36. The molecule has 19 heavy (non-hydrogen) atoms. The maximum absolute atomic E-state index is 12.3. The van der Waals surface area contributed by atoms with Crippen LogP contribution in [0.3, 0.4) is 0 Å². The molecule has 0 aliphatic heterocycles. The van der Waals surface area contributed by atoms with Crippen molar-refractivity contribution >= 4 is 11.9 Å². The number of benzene rings is 1. The highest BCUT2D eigenvalue weighted by molar-refractivity contribution is 5.94. The van der Waals surface area contributed by atoms with Crippen LogP contribution in [-0.2, 0) is 4.79 Å². The van der Waals surface area contributed by atoms with Crippen molar-refractivity contribution in [2.45, 2.75) is 26.2 Å². The zero-order valence-corrected chi connectivity index (χ0v) is 11.1. The Hall–Kier alpha value is -2.23. The Morgan fingerprint density at radius 3 is 2.63 bits per heavy atom. The molecule has 4 heteroatoms. The van der Waals surface area contributed by atoms with Crippen LogP contribution in [0.4, 0.5) is 5.95 Å². The van der Waals surface area contributed by atoms with Gasteiger partial charge < -0.3 is 0 Å². The third-order valence-electron chi connectivity index (χ3n) is 2.96. The van der Waals surface area contributed by atoms with Crippen molar-refractivity contribution < 1.29 is 4.79 Å². The molecule has 2 aromatic rings. The predicted molar refractivity (Wildman–Crippen MR) is 74.9 cm³/mol. The van der Waals surface area contributed by atoms with Crippen LogP contribution in [0.5, 0.6) is 0 Å². The predicted octanol–water partition coefficient (Wildman–Crippen LogP) is 2.92. The van der Waals surface area contributed by atoms with Crippen molar-refractivity contribution in [3.63, 3.8) is 0 Å². The standard InChI is InChI=1S/C15H17N3O/c1-3-13(12-7-5-4-6-8-12)14(19)18-15-16-10-9-11(2)17-15/h4-10,13H,3H2,1-2H3,(H,16,17,18,19)/t13-/m1/s1. The molecule has 0 bridgehead atoms. The quantitative estimate of drug-likeness (QED) is 0.913. The van der Waals surface area contributed by atoms with Crippen LogP contribution in [0, 0.1) is 6.92 Å². The third kappa shape index (κ3) is 3.37. The van der Waals surface area contributed by atoms with Crippen LogP contribution in [-0.4, -0.2) is 15.9 Å². The van der Waals surface area contributed by atoms with Crippen molar-refractivity contribution in [2.24, 2.45) is 0 Å². The van der Waals surface area contributed by atoms with Gasteiger partial charge >= 0.3 is 0 Å². The number of hydrogen-bond acceptors (Lipinski definition) is 3. The molecule has 1 heterocycles. The Bertz CT molecular complexity index is 554. The molecule has 0 fully saturated rings. The van der Waals surface area contributed by atoms with Crippen molar-refractivity contribution in [1.82, 2.24) is 9.97 Å². The minimum atomic E-state index is -0.176. The summed E-state index contributed by atoms with van der Waals surface area (Å²) in [7, 11) is 0. The van der Waals surface area contributed by atoms with Crippen LogP contribution >= 0.6 is 0 Å². The van der Waals surface area contributed by atoms with E-state index in [0.29, 0.717) is 5.95 Å². The molecular formula is C15H17N3O. The lowest BCUT2D eigenvalue weighted by atomic mass is 9.96. The molecule has 1 aromatic heterocycles. The fourth-order valence-electron chi connectivity index (χ4n) is 1.96. The first kappa shape index (κ1) is 13.2. The Labute approximate surface area is 112 Å². The zero-order valence-electron chi connectivity index (χ0n) is 11.1. The smallest absolute Gasteiger partial charge is 0.234 e. The highest BCUT2D eigenvalue weighted by Gasteiger charge is 2.19. The van der Waals surface area contributed by atoms with Crippen LogP contribution in [0.25, 0.3) is 0 Å². The van der Waals surface area contributed by atoms with E-state index in [4.69, 9.17) is 0 Å². The van der Waals surface area contributed by atoms with Gasteiger partial charge in [-0.2, -0.15) is 0 Å². The summed E-state index contributed by atoms with van der Waals surface area (Å²) in [5.41, 5.74) is 1.84.